The highest BCUT2D eigenvalue weighted by atomic mass is 15.2. The van der Waals surface area contributed by atoms with Crippen LogP contribution in [0.15, 0.2) is 0 Å². The maximum absolute atomic E-state index is 5.97. The molecule has 0 aromatic carbocycles. The molecule has 0 aromatic rings. The summed E-state index contributed by atoms with van der Waals surface area (Å²) in [5.41, 5.74) is 6.76. The minimum Gasteiger partial charge on any atom is -0.328 e. The third kappa shape index (κ3) is 2.07. The predicted octanol–water partition coefficient (Wildman–Crippen LogP) is 2.13. The van der Waals surface area contributed by atoms with Gasteiger partial charge in [-0.15, -0.1) is 0 Å². The molecule has 0 bridgehead atoms. The summed E-state index contributed by atoms with van der Waals surface area (Å²) in [6.07, 6.45) is 11.2. The summed E-state index contributed by atoms with van der Waals surface area (Å²) in [5.74, 6) is 0. The van der Waals surface area contributed by atoms with E-state index >= 15 is 0 Å². The minimum absolute atomic E-state index is 0.501. The minimum atomic E-state index is 0.501. The summed E-state index contributed by atoms with van der Waals surface area (Å²) >= 11 is 0. The fraction of sp³-hybridized carbons (Fsp3) is 1.00. The second-order valence-corrected chi connectivity index (χ2v) is 6.14. The zero-order valence-corrected chi connectivity index (χ0v) is 9.75. The number of nitrogens with two attached hydrogens (primary N) is 1. The molecule has 15 heavy (non-hydrogen) atoms. The van der Waals surface area contributed by atoms with Crippen LogP contribution >= 0.6 is 0 Å². The Bertz CT molecular complexity index is 227. The van der Waals surface area contributed by atoms with E-state index in [1.165, 1.54) is 64.5 Å². The van der Waals surface area contributed by atoms with Gasteiger partial charge < -0.3 is 5.73 Å². The zero-order chi connectivity index (χ0) is 10.3. The van der Waals surface area contributed by atoms with E-state index in [1.54, 1.807) is 0 Å². The standard InChI is InChI=1S/C13H24N2/c14-11-2-4-12(5-3-11)15-9-1-6-13(10-15)7-8-13/h11-12H,1-10,14H2. The number of nitrogens with zero attached hydrogens (tertiary/aromatic N) is 1. The molecule has 0 amide bonds. The van der Waals surface area contributed by atoms with Crippen LogP contribution in [0.1, 0.15) is 51.4 Å². The van der Waals surface area contributed by atoms with Gasteiger partial charge in [-0.1, -0.05) is 0 Å². The molecule has 2 heteroatoms. The molecular weight excluding hydrogens is 184 g/mol. The summed E-state index contributed by atoms with van der Waals surface area (Å²) in [6, 6.07) is 1.38. The lowest BCUT2D eigenvalue weighted by molar-refractivity contribution is 0.0862. The van der Waals surface area contributed by atoms with Crippen molar-refractivity contribution in [2.24, 2.45) is 11.1 Å². The molecule has 2 saturated carbocycles. The van der Waals surface area contributed by atoms with E-state index < -0.39 is 0 Å². The Morgan fingerprint density at radius 2 is 1.73 bits per heavy atom. The molecule has 0 aromatic heterocycles. The molecule has 3 rings (SSSR count). The maximum atomic E-state index is 5.97. The lowest BCUT2D eigenvalue weighted by atomic mass is 9.87. The van der Waals surface area contributed by atoms with Crippen LogP contribution in [0.3, 0.4) is 0 Å². The van der Waals surface area contributed by atoms with E-state index in [9.17, 15) is 0 Å². The highest BCUT2D eigenvalue weighted by Gasteiger charge is 2.46. The Labute approximate surface area is 93.2 Å². The number of hydrogen-bond donors (Lipinski definition) is 1. The first-order valence-electron chi connectivity index (χ1n) is 6.77. The monoisotopic (exact) mass is 208 g/mol. The summed E-state index contributed by atoms with van der Waals surface area (Å²) in [6.45, 7) is 2.77. The van der Waals surface area contributed by atoms with Crippen molar-refractivity contribution in [3.8, 4) is 0 Å². The van der Waals surface area contributed by atoms with E-state index in [2.05, 4.69) is 4.90 Å². The summed E-state index contributed by atoms with van der Waals surface area (Å²) in [7, 11) is 0. The molecule has 0 atom stereocenters. The van der Waals surface area contributed by atoms with Gasteiger partial charge in [0.1, 0.15) is 0 Å². The molecular formula is C13H24N2. The third-order valence-corrected chi connectivity index (χ3v) is 4.91. The average Bonchev–Trinajstić information content (AvgIpc) is 2.99. The quantitative estimate of drug-likeness (QED) is 0.715. The van der Waals surface area contributed by atoms with Crippen molar-refractivity contribution in [3.05, 3.63) is 0 Å². The summed E-state index contributed by atoms with van der Waals surface area (Å²) in [5, 5.41) is 0. The SMILES string of the molecule is NC1CCC(N2CCCC3(CC3)C2)CC1. The van der Waals surface area contributed by atoms with Crippen LogP contribution in [0.2, 0.25) is 0 Å². The highest BCUT2D eigenvalue weighted by molar-refractivity contribution is 4.99. The van der Waals surface area contributed by atoms with Crippen LogP contribution in [0, 0.1) is 5.41 Å². The van der Waals surface area contributed by atoms with Gasteiger partial charge >= 0.3 is 0 Å². The van der Waals surface area contributed by atoms with Crippen molar-refractivity contribution in [2.45, 2.75) is 63.5 Å². The van der Waals surface area contributed by atoms with Crippen LogP contribution in [0.4, 0.5) is 0 Å². The molecule has 1 spiro atoms. The molecule has 3 aliphatic rings. The van der Waals surface area contributed by atoms with Gasteiger partial charge in [0.25, 0.3) is 0 Å². The molecule has 0 radical (unpaired) electrons. The van der Waals surface area contributed by atoms with Gasteiger partial charge in [0, 0.05) is 18.6 Å². The number of rotatable bonds is 1. The molecule has 2 N–H and O–H groups in total. The van der Waals surface area contributed by atoms with Crippen LogP contribution in [-0.4, -0.2) is 30.1 Å². The van der Waals surface area contributed by atoms with Crippen molar-refractivity contribution in [1.29, 1.82) is 0 Å². The molecule has 3 fully saturated rings. The molecule has 1 saturated heterocycles. The molecule has 2 aliphatic carbocycles. The summed E-state index contributed by atoms with van der Waals surface area (Å²) in [4.78, 5) is 2.79. The summed E-state index contributed by atoms with van der Waals surface area (Å²) < 4.78 is 0. The Morgan fingerprint density at radius 1 is 1.00 bits per heavy atom. The second-order valence-electron chi connectivity index (χ2n) is 6.14. The van der Waals surface area contributed by atoms with Crippen molar-refractivity contribution >= 4 is 0 Å². The van der Waals surface area contributed by atoms with Gasteiger partial charge in [-0.25, -0.2) is 0 Å². The number of hydrogen-bond acceptors (Lipinski definition) is 2. The van der Waals surface area contributed by atoms with Crippen LogP contribution in [0.5, 0.6) is 0 Å². The van der Waals surface area contributed by atoms with Gasteiger partial charge in [0.2, 0.25) is 0 Å². The van der Waals surface area contributed by atoms with Gasteiger partial charge in [-0.3, -0.25) is 4.90 Å². The van der Waals surface area contributed by atoms with Crippen LogP contribution in [0.25, 0.3) is 0 Å². The first kappa shape index (κ1) is 10.1. The number of likely N-dealkylation sites (tertiary alicyclic amines) is 1. The van der Waals surface area contributed by atoms with Crippen molar-refractivity contribution in [2.75, 3.05) is 13.1 Å². The van der Waals surface area contributed by atoms with E-state index in [1.807, 2.05) is 0 Å². The largest absolute Gasteiger partial charge is 0.328 e. The second kappa shape index (κ2) is 3.74. The van der Waals surface area contributed by atoms with E-state index in [-0.39, 0.29) is 0 Å². The molecule has 1 aliphatic heterocycles. The van der Waals surface area contributed by atoms with Crippen LogP contribution in [-0.2, 0) is 0 Å². The Hall–Kier alpha value is -0.0800. The zero-order valence-electron chi connectivity index (χ0n) is 9.75. The Morgan fingerprint density at radius 3 is 2.40 bits per heavy atom. The molecule has 0 unspecified atom stereocenters. The molecule has 2 nitrogen and oxygen atoms in total. The van der Waals surface area contributed by atoms with Crippen molar-refractivity contribution in [3.63, 3.8) is 0 Å². The van der Waals surface area contributed by atoms with Gasteiger partial charge in [0.15, 0.2) is 0 Å². The Balaban J connectivity index is 1.57. The van der Waals surface area contributed by atoms with E-state index in [4.69, 9.17) is 5.73 Å². The highest BCUT2D eigenvalue weighted by Crippen LogP contribution is 2.52. The van der Waals surface area contributed by atoms with Crippen molar-refractivity contribution in [1.82, 2.24) is 4.90 Å². The fourth-order valence-electron chi connectivity index (χ4n) is 3.61. The predicted molar refractivity (Wildman–Crippen MR) is 62.7 cm³/mol. The van der Waals surface area contributed by atoms with E-state index in [0.717, 1.165) is 11.5 Å². The first-order chi connectivity index (χ1) is 7.27. The van der Waals surface area contributed by atoms with Gasteiger partial charge in [-0.05, 0) is 63.3 Å². The molecule has 1 heterocycles. The first-order valence-corrected chi connectivity index (χ1v) is 6.77. The topological polar surface area (TPSA) is 29.3 Å². The average molecular weight is 208 g/mol. The third-order valence-electron chi connectivity index (χ3n) is 4.91. The smallest absolute Gasteiger partial charge is 0.00966 e. The van der Waals surface area contributed by atoms with Gasteiger partial charge in [-0.2, -0.15) is 0 Å². The van der Waals surface area contributed by atoms with Crippen molar-refractivity contribution < 1.29 is 0 Å². The van der Waals surface area contributed by atoms with Crippen LogP contribution < -0.4 is 5.73 Å². The lowest BCUT2D eigenvalue weighted by Crippen LogP contribution is -2.46. The fourth-order valence-corrected chi connectivity index (χ4v) is 3.61. The van der Waals surface area contributed by atoms with Gasteiger partial charge in [0.05, 0.1) is 0 Å². The number of piperidine rings is 1. The maximum Gasteiger partial charge on any atom is 0.00966 e. The van der Waals surface area contributed by atoms with E-state index in [0.29, 0.717) is 6.04 Å². The lowest BCUT2D eigenvalue weighted by Gasteiger charge is -2.41. The molecule has 86 valence electrons. The normalized spacial score (nSPS) is 40.6. The Kier molecular flexibility index (Phi) is 2.52.